The van der Waals surface area contributed by atoms with Crippen LogP contribution in [0.3, 0.4) is 0 Å². The first kappa shape index (κ1) is 28.1. The molecule has 11 heteroatoms. The molecule has 0 aliphatic heterocycles. The third-order valence-corrected chi connectivity index (χ3v) is 5.69. The number of nitrogens with one attached hydrogen (secondary N) is 2. The minimum Gasteiger partial charge on any atom is -0.478 e. The van der Waals surface area contributed by atoms with E-state index in [1.165, 1.54) is 36.4 Å². The molecule has 3 aromatic rings. The van der Waals surface area contributed by atoms with Crippen molar-refractivity contribution in [1.29, 1.82) is 0 Å². The SMILES string of the molecule is Cc1cccc(C(=O)O[C@H](C(=O)O)[C@H](OC(=O)c2cccc(C)c2)C(=O)NNC(=O)c2ccc(Br)cc2)c1. The lowest BCUT2D eigenvalue weighted by Gasteiger charge is -2.23. The van der Waals surface area contributed by atoms with Gasteiger partial charge in [0.05, 0.1) is 11.1 Å². The van der Waals surface area contributed by atoms with E-state index in [0.29, 0.717) is 11.1 Å². The minimum atomic E-state index is -2.23. The summed E-state index contributed by atoms with van der Waals surface area (Å²) in [5, 5.41) is 9.81. The Morgan fingerprint density at radius 1 is 0.711 bits per heavy atom. The van der Waals surface area contributed by atoms with Gasteiger partial charge in [0.2, 0.25) is 12.2 Å². The highest BCUT2D eigenvalue weighted by Crippen LogP contribution is 2.15. The van der Waals surface area contributed by atoms with Crippen LogP contribution in [0.2, 0.25) is 0 Å². The average molecular weight is 583 g/mol. The van der Waals surface area contributed by atoms with Crippen LogP contribution in [0.5, 0.6) is 0 Å². The van der Waals surface area contributed by atoms with Crippen LogP contribution < -0.4 is 10.9 Å². The summed E-state index contributed by atoms with van der Waals surface area (Å²) in [6, 6.07) is 18.5. The van der Waals surface area contributed by atoms with E-state index in [1.54, 1.807) is 50.2 Å². The van der Waals surface area contributed by atoms with Crippen LogP contribution in [0.15, 0.2) is 77.3 Å². The van der Waals surface area contributed by atoms with Gasteiger partial charge < -0.3 is 14.6 Å². The Labute approximate surface area is 226 Å². The Bertz CT molecular complexity index is 1370. The molecular weight excluding hydrogens is 560 g/mol. The number of carbonyl (C=O) groups is 5. The highest BCUT2D eigenvalue weighted by Gasteiger charge is 2.41. The number of hydrazine groups is 1. The maximum Gasteiger partial charge on any atom is 0.349 e. The van der Waals surface area contributed by atoms with Crippen molar-refractivity contribution in [3.05, 3.63) is 105 Å². The summed E-state index contributed by atoms with van der Waals surface area (Å²) in [4.78, 5) is 63.0. The molecule has 2 atom stereocenters. The monoisotopic (exact) mass is 582 g/mol. The first-order valence-corrected chi connectivity index (χ1v) is 12.0. The molecule has 0 radical (unpaired) electrons. The van der Waals surface area contributed by atoms with Gasteiger partial charge in [-0.2, -0.15) is 0 Å². The van der Waals surface area contributed by atoms with E-state index in [9.17, 15) is 29.1 Å². The van der Waals surface area contributed by atoms with Crippen molar-refractivity contribution in [3.8, 4) is 0 Å². The number of esters is 2. The van der Waals surface area contributed by atoms with Crippen LogP contribution in [0.25, 0.3) is 0 Å². The van der Waals surface area contributed by atoms with Gasteiger partial charge in [-0.3, -0.25) is 20.4 Å². The third kappa shape index (κ3) is 7.50. The van der Waals surface area contributed by atoms with Crippen molar-refractivity contribution in [2.45, 2.75) is 26.1 Å². The van der Waals surface area contributed by atoms with Crippen molar-refractivity contribution in [1.82, 2.24) is 10.9 Å². The van der Waals surface area contributed by atoms with Crippen LogP contribution in [0.4, 0.5) is 0 Å². The van der Waals surface area contributed by atoms with E-state index in [-0.39, 0.29) is 16.7 Å². The number of carboxylic acids is 1. The Balaban J connectivity index is 1.85. The van der Waals surface area contributed by atoms with Crippen LogP contribution in [-0.4, -0.2) is 47.0 Å². The second kappa shape index (κ2) is 12.6. The van der Waals surface area contributed by atoms with Crippen molar-refractivity contribution >= 4 is 45.7 Å². The molecule has 0 bridgehead atoms. The molecule has 196 valence electrons. The Kier molecular flexibility index (Phi) is 9.33. The molecule has 0 heterocycles. The third-order valence-electron chi connectivity index (χ3n) is 5.16. The number of rotatable bonds is 8. The van der Waals surface area contributed by atoms with Gasteiger partial charge in [0, 0.05) is 10.0 Å². The molecule has 0 fully saturated rings. The number of amides is 2. The molecule has 0 saturated heterocycles. The molecule has 0 spiro atoms. The fourth-order valence-electron chi connectivity index (χ4n) is 3.27. The van der Waals surface area contributed by atoms with Crippen LogP contribution >= 0.6 is 15.9 Å². The standard InChI is InChI=1S/C27H23BrN2O8/c1-15-5-3-7-18(13-15)26(35)37-21(24(32)30-29-23(31)17-9-11-20(28)12-10-17)22(25(33)34)38-27(36)19-8-4-6-16(2)14-19/h3-14,21-22H,1-2H3,(H,29,31)(H,30,32)(H,33,34)/t21-,22-/m0/s1. The molecule has 0 aliphatic rings. The summed E-state index contributed by atoms with van der Waals surface area (Å²) >= 11 is 3.25. The van der Waals surface area contributed by atoms with Gasteiger partial charge in [0.1, 0.15) is 0 Å². The predicted octanol–water partition coefficient (Wildman–Crippen LogP) is 3.36. The molecule has 38 heavy (non-hydrogen) atoms. The van der Waals surface area contributed by atoms with Gasteiger partial charge in [-0.05, 0) is 62.4 Å². The highest BCUT2D eigenvalue weighted by atomic mass is 79.9. The lowest BCUT2D eigenvalue weighted by molar-refractivity contribution is -0.159. The van der Waals surface area contributed by atoms with Gasteiger partial charge in [-0.25, -0.2) is 14.4 Å². The van der Waals surface area contributed by atoms with E-state index in [2.05, 4.69) is 21.4 Å². The normalized spacial score (nSPS) is 12.0. The topological polar surface area (TPSA) is 148 Å². The predicted molar refractivity (Wildman–Crippen MR) is 138 cm³/mol. The second-order valence-corrected chi connectivity index (χ2v) is 9.09. The lowest BCUT2D eigenvalue weighted by atomic mass is 10.1. The first-order valence-electron chi connectivity index (χ1n) is 11.2. The number of carboxylic acid groups (broad SMARTS) is 1. The number of carbonyl (C=O) groups excluding carboxylic acids is 4. The Hall–Kier alpha value is -4.51. The largest absolute Gasteiger partial charge is 0.478 e. The minimum absolute atomic E-state index is 0.0314. The molecule has 2 amide bonds. The zero-order valence-electron chi connectivity index (χ0n) is 20.3. The Morgan fingerprint density at radius 3 is 1.68 bits per heavy atom. The number of hydrogen-bond acceptors (Lipinski definition) is 7. The summed E-state index contributed by atoms with van der Waals surface area (Å²) in [5.74, 6) is -5.79. The Morgan fingerprint density at radius 2 is 1.21 bits per heavy atom. The number of aliphatic carboxylic acids is 1. The van der Waals surface area contributed by atoms with Crippen LogP contribution in [-0.2, 0) is 19.1 Å². The molecule has 0 saturated carbocycles. The van der Waals surface area contributed by atoms with E-state index in [4.69, 9.17) is 9.47 Å². The molecule has 0 aromatic heterocycles. The second-order valence-electron chi connectivity index (χ2n) is 8.18. The number of halogens is 1. The molecule has 3 aromatic carbocycles. The smallest absolute Gasteiger partial charge is 0.349 e. The first-order chi connectivity index (χ1) is 18.0. The van der Waals surface area contributed by atoms with E-state index >= 15 is 0 Å². The molecule has 10 nitrogen and oxygen atoms in total. The number of aryl methyl sites for hydroxylation is 2. The van der Waals surface area contributed by atoms with Gasteiger partial charge >= 0.3 is 17.9 Å². The zero-order chi connectivity index (χ0) is 27.8. The van der Waals surface area contributed by atoms with E-state index in [1.807, 2.05) is 5.43 Å². The van der Waals surface area contributed by atoms with Gasteiger partial charge in [0.25, 0.3) is 11.8 Å². The van der Waals surface area contributed by atoms with Gasteiger partial charge in [0.15, 0.2) is 0 Å². The quantitative estimate of drug-likeness (QED) is 0.270. The molecular formula is C27H23BrN2O8. The number of hydrogen-bond donors (Lipinski definition) is 3. The lowest BCUT2D eigenvalue weighted by Crippen LogP contribution is -2.54. The summed E-state index contributed by atoms with van der Waals surface area (Å²) in [6.07, 6.45) is -4.39. The van der Waals surface area contributed by atoms with Crippen molar-refractivity contribution in [2.75, 3.05) is 0 Å². The number of ether oxygens (including phenoxy) is 2. The van der Waals surface area contributed by atoms with Crippen molar-refractivity contribution in [3.63, 3.8) is 0 Å². The fraction of sp³-hybridized carbons (Fsp3) is 0.148. The van der Waals surface area contributed by atoms with Crippen LogP contribution in [0.1, 0.15) is 42.2 Å². The van der Waals surface area contributed by atoms with Gasteiger partial charge in [-0.15, -0.1) is 0 Å². The highest BCUT2D eigenvalue weighted by molar-refractivity contribution is 9.10. The zero-order valence-corrected chi connectivity index (χ0v) is 21.9. The van der Waals surface area contributed by atoms with Crippen LogP contribution in [0, 0.1) is 13.8 Å². The fourth-order valence-corrected chi connectivity index (χ4v) is 3.53. The summed E-state index contributed by atoms with van der Waals surface area (Å²) in [6.45, 7) is 3.45. The summed E-state index contributed by atoms with van der Waals surface area (Å²) in [7, 11) is 0. The van der Waals surface area contributed by atoms with Gasteiger partial charge in [-0.1, -0.05) is 51.3 Å². The summed E-state index contributed by atoms with van der Waals surface area (Å²) in [5.41, 5.74) is 5.84. The van der Waals surface area contributed by atoms with Crippen molar-refractivity contribution in [2.24, 2.45) is 0 Å². The summed E-state index contributed by atoms with van der Waals surface area (Å²) < 4.78 is 11.1. The van der Waals surface area contributed by atoms with Crippen molar-refractivity contribution < 1.29 is 38.6 Å². The molecule has 3 rings (SSSR count). The molecule has 0 aliphatic carbocycles. The maximum absolute atomic E-state index is 13.0. The molecule has 0 unspecified atom stereocenters. The maximum atomic E-state index is 13.0. The van der Waals surface area contributed by atoms with E-state index < -0.39 is 41.9 Å². The average Bonchev–Trinajstić information content (AvgIpc) is 2.89. The molecule has 3 N–H and O–H groups in total. The van der Waals surface area contributed by atoms with E-state index in [0.717, 1.165) is 4.47 Å². The number of benzene rings is 3.